The first-order valence-corrected chi connectivity index (χ1v) is 13.1. The van der Waals surface area contributed by atoms with Gasteiger partial charge in [0.2, 0.25) is 0 Å². The first-order chi connectivity index (χ1) is 17.2. The van der Waals surface area contributed by atoms with Gasteiger partial charge in [0, 0.05) is 32.9 Å². The van der Waals surface area contributed by atoms with Crippen molar-refractivity contribution in [2.75, 3.05) is 50.6 Å². The minimum absolute atomic E-state index is 0.0895. The number of anilines is 2. The van der Waals surface area contributed by atoms with Crippen molar-refractivity contribution >= 4 is 21.6 Å². The van der Waals surface area contributed by atoms with Crippen LogP contribution in [0.3, 0.4) is 0 Å². The molecule has 1 aliphatic heterocycles. The Kier molecular flexibility index (Phi) is 6.52. The molecule has 1 aliphatic carbocycles. The highest BCUT2D eigenvalue weighted by Crippen LogP contribution is 2.39. The topological polar surface area (TPSA) is 117 Å². The Labute approximate surface area is 211 Å². The van der Waals surface area contributed by atoms with E-state index in [0.717, 1.165) is 22.2 Å². The van der Waals surface area contributed by atoms with E-state index in [0.29, 0.717) is 36.7 Å². The summed E-state index contributed by atoms with van der Waals surface area (Å²) in [5.74, 6) is 1.27. The highest BCUT2D eigenvalue weighted by Gasteiger charge is 2.33. The zero-order valence-electron chi connectivity index (χ0n) is 20.3. The van der Waals surface area contributed by atoms with E-state index in [9.17, 15) is 13.5 Å². The fourth-order valence-corrected chi connectivity index (χ4v) is 5.51. The maximum Gasteiger partial charge on any atom is 0.306 e. The van der Waals surface area contributed by atoms with Crippen LogP contribution in [0, 0.1) is 0 Å². The molecule has 3 aromatic carbocycles. The number of hydrogen-bond acceptors (Lipinski definition) is 7. The lowest BCUT2D eigenvalue weighted by Crippen LogP contribution is -2.39. The average molecular weight is 511 g/mol. The summed E-state index contributed by atoms with van der Waals surface area (Å²) in [6.07, 6.45) is 0.0296. The third-order valence-corrected chi connectivity index (χ3v) is 8.26. The number of nitrogens with one attached hydrogen (secondary N) is 1. The molecule has 0 bridgehead atoms. The van der Waals surface area contributed by atoms with Gasteiger partial charge in [0.05, 0.1) is 11.8 Å². The van der Waals surface area contributed by atoms with Crippen LogP contribution in [0.1, 0.15) is 22.8 Å². The largest absolute Gasteiger partial charge is 0.492 e. The number of nitrogen functional groups attached to an aromatic ring is 1. The van der Waals surface area contributed by atoms with Crippen LogP contribution in [0.25, 0.3) is 11.1 Å². The number of aliphatic hydroxyl groups is 1. The Morgan fingerprint density at radius 3 is 2.64 bits per heavy atom. The summed E-state index contributed by atoms with van der Waals surface area (Å²) in [5, 5.41) is 13.8. The summed E-state index contributed by atoms with van der Waals surface area (Å²) < 4.78 is 38.8. The van der Waals surface area contributed by atoms with E-state index < -0.39 is 16.3 Å². The maximum atomic E-state index is 12.5. The molecular weight excluding hydrogens is 480 g/mol. The van der Waals surface area contributed by atoms with Gasteiger partial charge in [-0.3, -0.25) is 0 Å². The maximum absolute atomic E-state index is 12.5. The predicted molar refractivity (Wildman–Crippen MR) is 139 cm³/mol. The van der Waals surface area contributed by atoms with Crippen molar-refractivity contribution in [2.24, 2.45) is 0 Å². The summed E-state index contributed by atoms with van der Waals surface area (Å²) in [5.41, 5.74) is 12.6. The highest BCUT2D eigenvalue weighted by atomic mass is 32.2. The molecule has 5 rings (SSSR count). The summed E-state index contributed by atoms with van der Waals surface area (Å²) in [6.45, 7) is 1.19. The highest BCUT2D eigenvalue weighted by molar-refractivity contribution is 7.90. The molecule has 0 radical (unpaired) electrons. The number of hydrogen-bond donors (Lipinski definition) is 3. The second-order valence-electron chi connectivity index (χ2n) is 9.12. The Bertz CT molecular complexity index is 1390. The van der Waals surface area contributed by atoms with Crippen molar-refractivity contribution in [2.45, 2.75) is 12.5 Å². The molecule has 3 aromatic rings. The lowest BCUT2D eigenvalue weighted by atomic mass is 10.1. The molecule has 0 saturated heterocycles. The van der Waals surface area contributed by atoms with Crippen molar-refractivity contribution in [3.8, 4) is 22.6 Å². The third-order valence-electron chi connectivity index (χ3n) is 6.48. The zero-order valence-corrected chi connectivity index (χ0v) is 21.1. The van der Waals surface area contributed by atoms with Crippen molar-refractivity contribution in [1.29, 1.82) is 0 Å². The standard InChI is InChI=1S/C26H30N4O5S/c1-29(2)36(32,33)30-16-35-26-8-3-17(14-24(26)30)25(31)15-28-9-10-34-21-5-7-23-19(13-21)11-18-12-20(27)4-6-22(18)23/h3-8,12-14,25,28,31H,9-11,15-16,27H2,1-2H3/t25-/m0/s1. The minimum Gasteiger partial charge on any atom is -0.492 e. The van der Waals surface area contributed by atoms with Crippen LogP contribution in [0.4, 0.5) is 11.4 Å². The summed E-state index contributed by atoms with van der Waals surface area (Å²) in [7, 11) is -0.746. The predicted octanol–water partition coefficient (Wildman–Crippen LogP) is 2.50. The number of aliphatic hydroxyl groups excluding tert-OH is 1. The van der Waals surface area contributed by atoms with Crippen LogP contribution >= 0.6 is 0 Å². The van der Waals surface area contributed by atoms with E-state index >= 15 is 0 Å². The van der Waals surface area contributed by atoms with Crippen LogP contribution < -0.4 is 24.8 Å². The monoisotopic (exact) mass is 510 g/mol. The van der Waals surface area contributed by atoms with Crippen LogP contribution in [0.15, 0.2) is 54.6 Å². The molecule has 0 aromatic heterocycles. The molecule has 9 nitrogen and oxygen atoms in total. The molecule has 10 heteroatoms. The van der Waals surface area contributed by atoms with Gasteiger partial charge in [0.15, 0.2) is 6.73 Å². The van der Waals surface area contributed by atoms with E-state index in [2.05, 4.69) is 23.5 Å². The van der Waals surface area contributed by atoms with Crippen molar-refractivity contribution in [3.05, 3.63) is 71.3 Å². The van der Waals surface area contributed by atoms with Crippen LogP contribution in [-0.4, -0.2) is 58.4 Å². The van der Waals surface area contributed by atoms with Crippen molar-refractivity contribution in [1.82, 2.24) is 9.62 Å². The number of nitrogens with zero attached hydrogens (tertiary/aromatic N) is 2. The summed E-state index contributed by atoms with van der Waals surface area (Å²) in [6, 6.07) is 17.2. The van der Waals surface area contributed by atoms with Crippen LogP contribution in [0.2, 0.25) is 0 Å². The van der Waals surface area contributed by atoms with E-state index in [1.807, 2.05) is 18.2 Å². The summed E-state index contributed by atoms with van der Waals surface area (Å²) >= 11 is 0. The second-order valence-corrected chi connectivity index (χ2v) is 11.2. The third kappa shape index (κ3) is 4.60. The van der Waals surface area contributed by atoms with Crippen LogP contribution in [0.5, 0.6) is 11.5 Å². The molecule has 0 fully saturated rings. The normalized spacial score (nSPS) is 14.8. The lowest BCUT2D eigenvalue weighted by molar-refractivity contribution is 0.172. The molecule has 4 N–H and O–H groups in total. The van der Waals surface area contributed by atoms with Gasteiger partial charge in [0.1, 0.15) is 18.1 Å². The number of nitrogens with two attached hydrogens (primary N) is 1. The first kappa shape index (κ1) is 24.4. The van der Waals surface area contributed by atoms with Crippen molar-refractivity contribution in [3.63, 3.8) is 0 Å². The van der Waals surface area contributed by atoms with Gasteiger partial charge in [-0.05, 0) is 70.6 Å². The quantitative estimate of drug-likeness (QED) is 0.234. The van der Waals surface area contributed by atoms with Gasteiger partial charge in [0.25, 0.3) is 0 Å². The fourth-order valence-electron chi connectivity index (χ4n) is 4.54. The van der Waals surface area contributed by atoms with Gasteiger partial charge in [-0.2, -0.15) is 12.7 Å². The smallest absolute Gasteiger partial charge is 0.306 e. The summed E-state index contributed by atoms with van der Waals surface area (Å²) in [4.78, 5) is 0. The van der Waals surface area contributed by atoms with Gasteiger partial charge in [-0.1, -0.05) is 18.2 Å². The van der Waals surface area contributed by atoms with Gasteiger partial charge in [-0.15, -0.1) is 0 Å². The molecule has 0 amide bonds. The molecule has 2 aliphatic rings. The molecular formula is C26H30N4O5S. The molecule has 190 valence electrons. The number of benzene rings is 3. The van der Waals surface area contributed by atoms with E-state index in [1.165, 1.54) is 40.7 Å². The van der Waals surface area contributed by atoms with E-state index in [-0.39, 0.29) is 6.73 Å². The van der Waals surface area contributed by atoms with E-state index in [4.69, 9.17) is 15.2 Å². The van der Waals surface area contributed by atoms with Gasteiger partial charge >= 0.3 is 10.2 Å². The van der Waals surface area contributed by atoms with Gasteiger partial charge in [-0.25, -0.2) is 4.31 Å². The van der Waals surface area contributed by atoms with Gasteiger partial charge < -0.3 is 25.6 Å². The molecule has 0 spiro atoms. The second kappa shape index (κ2) is 9.62. The van der Waals surface area contributed by atoms with E-state index in [1.54, 1.807) is 18.2 Å². The fraction of sp³-hybridized carbons (Fsp3) is 0.308. The number of rotatable bonds is 9. The number of fused-ring (bicyclic) bond motifs is 4. The molecule has 0 saturated carbocycles. The lowest BCUT2D eigenvalue weighted by Gasteiger charge is -2.22. The molecule has 1 heterocycles. The Hall–Kier alpha value is -3.31. The Balaban J connectivity index is 1.13. The molecule has 0 unspecified atom stereocenters. The Morgan fingerprint density at radius 2 is 1.86 bits per heavy atom. The molecule has 1 atom stereocenters. The Morgan fingerprint density at radius 1 is 1.11 bits per heavy atom. The zero-order chi connectivity index (χ0) is 25.4. The molecule has 36 heavy (non-hydrogen) atoms. The number of ether oxygens (including phenoxy) is 2. The van der Waals surface area contributed by atoms with Crippen LogP contribution in [-0.2, 0) is 16.6 Å². The average Bonchev–Trinajstić information content (AvgIpc) is 3.43. The SMILES string of the molecule is CN(C)S(=O)(=O)N1COc2ccc([C@@H](O)CNCCOc3ccc4c(c3)Cc3cc(N)ccc3-4)cc21. The first-order valence-electron chi connectivity index (χ1n) is 11.7. The van der Waals surface area contributed by atoms with Crippen molar-refractivity contribution < 1.29 is 23.0 Å². The minimum atomic E-state index is -3.68.